The van der Waals surface area contributed by atoms with Crippen molar-refractivity contribution in [1.29, 1.82) is 0 Å². The van der Waals surface area contributed by atoms with Crippen molar-refractivity contribution in [2.75, 3.05) is 19.0 Å². The zero-order chi connectivity index (χ0) is 21.4. The minimum absolute atomic E-state index is 0.178. The first kappa shape index (κ1) is 19.2. The summed E-state index contributed by atoms with van der Waals surface area (Å²) in [6, 6.07) is 15.5. The molecule has 1 saturated carbocycles. The highest BCUT2D eigenvalue weighted by molar-refractivity contribution is 6.09. The van der Waals surface area contributed by atoms with Gasteiger partial charge in [0.2, 0.25) is 0 Å². The van der Waals surface area contributed by atoms with Crippen LogP contribution in [-0.2, 0) is 6.54 Å². The molecule has 7 heteroatoms. The molecule has 0 radical (unpaired) electrons. The number of fused-ring (bicyclic) bond motifs is 1. The zero-order valence-electron chi connectivity index (χ0n) is 17.5. The summed E-state index contributed by atoms with van der Waals surface area (Å²) < 4.78 is 5.57. The Balaban J connectivity index is 1.53. The smallest absolute Gasteiger partial charge is 0.259 e. The standard InChI is InChI=1S/C24H23N5O2/c1-29(2)22-17(9-6-12-25-22)14-26-23(30)18-13-19(15-10-11-15)27-24-20(18)21(28-31-24)16-7-4-3-5-8-16/h3-9,12-13,15H,10-11,14H2,1-2H3,(H,26,30). The first-order valence-electron chi connectivity index (χ1n) is 10.4. The highest BCUT2D eigenvalue weighted by Gasteiger charge is 2.29. The molecule has 3 heterocycles. The van der Waals surface area contributed by atoms with Crippen LogP contribution < -0.4 is 10.2 Å². The molecule has 1 fully saturated rings. The number of benzene rings is 1. The SMILES string of the molecule is CN(C)c1ncccc1CNC(=O)c1cc(C2CC2)nc2onc(-c3ccccc3)c12. The summed E-state index contributed by atoms with van der Waals surface area (Å²) in [7, 11) is 3.87. The lowest BCUT2D eigenvalue weighted by Gasteiger charge is -2.16. The molecule has 1 aliphatic carbocycles. The quantitative estimate of drug-likeness (QED) is 0.511. The van der Waals surface area contributed by atoms with Gasteiger partial charge in [-0.1, -0.05) is 41.6 Å². The molecule has 1 N–H and O–H groups in total. The van der Waals surface area contributed by atoms with Gasteiger partial charge in [0, 0.05) is 49.6 Å². The normalized spacial score (nSPS) is 13.4. The van der Waals surface area contributed by atoms with Crippen molar-refractivity contribution in [2.24, 2.45) is 0 Å². The second kappa shape index (κ2) is 7.83. The van der Waals surface area contributed by atoms with E-state index in [0.717, 1.165) is 35.5 Å². The minimum atomic E-state index is -0.178. The fourth-order valence-corrected chi connectivity index (χ4v) is 3.77. The average Bonchev–Trinajstić information content (AvgIpc) is 3.56. The lowest BCUT2D eigenvalue weighted by molar-refractivity contribution is 0.0952. The van der Waals surface area contributed by atoms with Gasteiger partial charge in [-0.2, -0.15) is 0 Å². The molecule has 0 aliphatic heterocycles. The number of amides is 1. The summed E-state index contributed by atoms with van der Waals surface area (Å²) in [5.41, 5.74) is 4.31. The Morgan fingerprint density at radius 1 is 1.16 bits per heavy atom. The van der Waals surface area contributed by atoms with Gasteiger partial charge in [-0.05, 0) is 25.0 Å². The van der Waals surface area contributed by atoms with Gasteiger partial charge in [-0.25, -0.2) is 9.97 Å². The lowest BCUT2D eigenvalue weighted by atomic mass is 10.0. The molecule has 1 amide bonds. The average molecular weight is 413 g/mol. The van der Waals surface area contributed by atoms with Crippen LogP contribution in [-0.4, -0.2) is 35.1 Å². The molecule has 4 aromatic rings. The summed E-state index contributed by atoms with van der Waals surface area (Å²) in [5, 5.41) is 7.95. The molecule has 0 saturated heterocycles. The Morgan fingerprint density at radius 3 is 2.71 bits per heavy atom. The van der Waals surface area contributed by atoms with Gasteiger partial charge in [0.15, 0.2) is 0 Å². The van der Waals surface area contributed by atoms with E-state index in [0.29, 0.717) is 34.8 Å². The number of aromatic nitrogens is 3. The van der Waals surface area contributed by atoms with Gasteiger partial charge >= 0.3 is 0 Å². The van der Waals surface area contributed by atoms with Crippen LogP contribution in [0, 0.1) is 0 Å². The fourth-order valence-electron chi connectivity index (χ4n) is 3.77. The Bertz CT molecular complexity index is 1250. The second-order valence-corrected chi connectivity index (χ2v) is 8.01. The number of pyridine rings is 2. The molecule has 0 bridgehead atoms. The molecule has 1 aliphatic rings. The van der Waals surface area contributed by atoms with Gasteiger partial charge < -0.3 is 14.7 Å². The number of anilines is 1. The van der Waals surface area contributed by atoms with Gasteiger partial charge in [-0.15, -0.1) is 0 Å². The Labute approximate surface area is 180 Å². The Hall–Kier alpha value is -3.74. The first-order valence-corrected chi connectivity index (χ1v) is 10.4. The molecule has 0 spiro atoms. The molecule has 156 valence electrons. The largest absolute Gasteiger partial charge is 0.362 e. The monoisotopic (exact) mass is 413 g/mol. The number of nitrogens with one attached hydrogen (secondary N) is 1. The Kier molecular flexibility index (Phi) is 4.86. The predicted octanol–water partition coefficient (Wildman–Crippen LogP) is 4.16. The number of carbonyl (C=O) groups is 1. The van der Waals surface area contributed by atoms with Crippen LogP contribution in [0.4, 0.5) is 5.82 Å². The summed E-state index contributed by atoms with van der Waals surface area (Å²) in [5.74, 6) is 1.04. The van der Waals surface area contributed by atoms with E-state index < -0.39 is 0 Å². The summed E-state index contributed by atoms with van der Waals surface area (Å²) >= 11 is 0. The van der Waals surface area contributed by atoms with Gasteiger partial charge in [0.05, 0.1) is 10.9 Å². The molecule has 3 aromatic heterocycles. The van der Waals surface area contributed by atoms with E-state index in [2.05, 4.69) is 20.4 Å². The van der Waals surface area contributed by atoms with Crippen molar-refractivity contribution in [1.82, 2.24) is 20.4 Å². The van der Waals surface area contributed by atoms with Crippen LogP contribution in [0.15, 0.2) is 59.3 Å². The van der Waals surface area contributed by atoms with Crippen LogP contribution in [0.5, 0.6) is 0 Å². The predicted molar refractivity (Wildman–Crippen MR) is 119 cm³/mol. The van der Waals surface area contributed by atoms with Crippen molar-refractivity contribution in [2.45, 2.75) is 25.3 Å². The maximum atomic E-state index is 13.3. The molecule has 5 rings (SSSR count). The van der Waals surface area contributed by atoms with Crippen molar-refractivity contribution in [3.8, 4) is 11.3 Å². The van der Waals surface area contributed by atoms with Crippen molar-refractivity contribution < 1.29 is 9.32 Å². The molecular formula is C24H23N5O2. The number of carbonyl (C=O) groups excluding carboxylic acids is 1. The van der Waals surface area contributed by atoms with Gasteiger partial charge in [0.25, 0.3) is 11.6 Å². The molecule has 0 atom stereocenters. The van der Waals surface area contributed by atoms with Crippen LogP contribution in [0.1, 0.15) is 40.4 Å². The molecule has 1 aromatic carbocycles. The highest BCUT2D eigenvalue weighted by Crippen LogP contribution is 2.41. The first-order chi connectivity index (χ1) is 15.1. The third-order valence-electron chi connectivity index (χ3n) is 5.48. The van der Waals surface area contributed by atoms with Crippen LogP contribution in [0.2, 0.25) is 0 Å². The van der Waals surface area contributed by atoms with E-state index >= 15 is 0 Å². The number of hydrogen-bond donors (Lipinski definition) is 1. The van der Waals surface area contributed by atoms with Crippen LogP contribution in [0.25, 0.3) is 22.4 Å². The fraction of sp³-hybridized carbons (Fsp3) is 0.250. The highest BCUT2D eigenvalue weighted by atomic mass is 16.5. The van der Waals surface area contributed by atoms with Crippen molar-refractivity contribution >= 4 is 22.8 Å². The third-order valence-corrected chi connectivity index (χ3v) is 5.48. The van der Waals surface area contributed by atoms with E-state index in [9.17, 15) is 4.79 Å². The van der Waals surface area contributed by atoms with E-state index in [1.807, 2.05) is 67.5 Å². The van der Waals surface area contributed by atoms with Gasteiger partial charge in [-0.3, -0.25) is 4.79 Å². The van der Waals surface area contributed by atoms with Crippen molar-refractivity contribution in [3.63, 3.8) is 0 Å². The summed E-state index contributed by atoms with van der Waals surface area (Å²) in [4.78, 5) is 24.3. The number of hydrogen-bond acceptors (Lipinski definition) is 6. The van der Waals surface area contributed by atoms with E-state index in [-0.39, 0.29) is 5.91 Å². The maximum Gasteiger partial charge on any atom is 0.259 e. The number of rotatable bonds is 6. The minimum Gasteiger partial charge on any atom is -0.362 e. The molecule has 0 unspecified atom stereocenters. The third kappa shape index (κ3) is 3.74. The van der Waals surface area contributed by atoms with E-state index in [1.54, 1.807) is 6.20 Å². The van der Waals surface area contributed by atoms with E-state index in [1.165, 1.54) is 0 Å². The summed E-state index contributed by atoms with van der Waals surface area (Å²) in [6.45, 7) is 0.370. The van der Waals surface area contributed by atoms with Crippen molar-refractivity contribution in [3.05, 3.63) is 71.5 Å². The van der Waals surface area contributed by atoms with Crippen LogP contribution in [0.3, 0.4) is 0 Å². The zero-order valence-corrected chi connectivity index (χ0v) is 17.5. The lowest BCUT2D eigenvalue weighted by Crippen LogP contribution is -2.25. The van der Waals surface area contributed by atoms with Crippen LogP contribution >= 0.6 is 0 Å². The van der Waals surface area contributed by atoms with E-state index in [4.69, 9.17) is 4.52 Å². The maximum absolute atomic E-state index is 13.3. The molecular weight excluding hydrogens is 390 g/mol. The second-order valence-electron chi connectivity index (χ2n) is 8.01. The number of nitrogens with zero attached hydrogens (tertiary/aromatic N) is 4. The topological polar surface area (TPSA) is 84.2 Å². The summed E-state index contributed by atoms with van der Waals surface area (Å²) in [6.07, 6.45) is 3.92. The Morgan fingerprint density at radius 2 is 1.97 bits per heavy atom. The van der Waals surface area contributed by atoms with Gasteiger partial charge in [0.1, 0.15) is 11.5 Å². The molecule has 31 heavy (non-hydrogen) atoms. The molecule has 7 nitrogen and oxygen atoms in total.